The third kappa shape index (κ3) is 3.31. The van der Waals surface area contributed by atoms with Crippen LogP contribution in [0.2, 0.25) is 0 Å². The minimum absolute atomic E-state index is 0.0185. The van der Waals surface area contributed by atoms with E-state index in [1.165, 1.54) is 25.0 Å². The predicted octanol–water partition coefficient (Wildman–Crippen LogP) is 2.82. The lowest BCUT2D eigenvalue weighted by Crippen LogP contribution is -2.39. The van der Waals surface area contributed by atoms with E-state index >= 15 is 0 Å². The van der Waals surface area contributed by atoms with Gasteiger partial charge in [0.25, 0.3) is 5.91 Å². The highest BCUT2D eigenvalue weighted by atomic mass is 19.1. The number of amides is 1. The Hall–Kier alpha value is -2.21. The minimum Gasteiger partial charge on any atom is -0.384 e. The molecule has 1 saturated carbocycles. The van der Waals surface area contributed by atoms with Crippen molar-refractivity contribution in [1.82, 2.24) is 14.7 Å². The SMILES string of the molecule is COC[C@H]1CN(C(=O)c2ccccc2F)Cc2cn(CC3CC3)nc21. The normalized spacial score (nSPS) is 19.8. The number of carbonyl (C=O) groups excluding carboxylic acids is 1. The maximum absolute atomic E-state index is 14.0. The third-order valence-corrected chi connectivity index (χ3v) is 4.96. The summed E-state index contributed by atoms with van der Waals surface area (Å²) in [6, 6.07) is 6.14. The second kappa shape index (κ2) is 6.59. The molecule has 1 atom stereocenters. The first-order chi connectivity index (χ1) is 12.2. The summed E-state index contributed by atoms with van der Waals surface area (Å²) >= 11 is 0. The van der Waals surface area contributed by atoms with Gasteiger partial charge < -0.3 is 9.64 Å². The molecule has 132 valence electrons. The zero-order chi connectivity index (χ0) is 17.4. The molecule has 0 radical (unpaired) electrons. The molecule has 4 rings (SSSR count). The number of carbonyl (C=O) groups is 1. The van der Waals surface area contributed by atoms with Crippen molar-refractivity contribution in [3.8, 4) is 0 Å². The van der Waals surface area contributed by atoms with Gasteiger partial charge >= 0.3 is 0 Å². The van der Waals surface area contributed by atoms with Gasteiger partial charge in [0.1, 0.15) is 5.82 Å². The minimum atomic E-state index is -0.481. The van der Waals surface area contributed by atoms with Gasteiger partial charge in [0.05, 0.1) is 17.9 Å². The van der Waals surface area contributed by atoms with Crippen LogP contribution in [0.4, 0.5) is 4.39 Å². The molecular weight excluding hydrogens is 321 g/mol. The summed E-state index contributed by atoms with van der Waals surface area (Å²) < 4.78 is 21.3. The van der Waals surface area contributed by atoms with Crippen LogP contribution in [0.25, 0.3) is 0 Å². The van der Waals surface area contributed by atoms with Gasteiger partial charge in [-0.1, -0.05) is 12.1 Å². The molecule has 25 heavy (non-hydrogen) atoms. The quantitative estimate of drug-likeness (QED) is 0.839. The van der Waals surface area contributed by atoms with E-state index in [1.807, 2.05) is 10.9 Å². The zero-order valence-corrected chi connectivity index (χ0v) is 14.3. The maximum Gasteiger partial charge on any atom is 0.257 e. The highest BCUT2D eigenvalue weighted by Crippen LogP contribution is 2.33. The summed E-state index contributed by atoms with van der Waals surface area (Å²) in [6.45, 7) is 2.39. The average Bonchev–Trinajstić information content (AvgIpc) is 3.31. The molecule has 1 aliphatic carbocycles. The van der Waals surface area contributed by atoms with E-state index < -0.39 is 5.82 Å². The molecule has 6 heteroatoms. The van der Waals surface area contributed by atoms with Crippen LogP contribution in [-0.4, -0.2) is 40.8 Å². The van der Waals surface area contributed by atoms with E-state index in [9.17, 15) is 9.18 Å². The second-order valence-electron chi connectivity index (χ2n) is 7.02. The van der Waals surface area contributed by atoms with Crippen molar-refractivity contribution in [3.05, 3.63) is 53.1 Å². The fraction of sp³-hybridized carbons (Fsp3) is 0.474. The van der Waals surface area contributed by atoms with Crippen molar-refractivity contribution in [2.45, 2.75) is 31.8 Å². The first kappa shape index (κ1) is 16.3. The number of aromatic nitrogens is 2. The molecule has 2 aromatic rings. The first-order valence-corrected chi connectivity index (χ1v) is 8.74. The highest BCUT2D eigenvalue weighted by Gasteiger charge is 2.33. The largest absolute Gasteiger partial charge is 0.384 e. The number of hydrogen-bond donors (Lipinski definition) is 0. The van der Waals surface area contributed by atoms with E-state index in [1.54, 1.807) is 24.1 Å². The number of ether oxygens (including phenoxy) is 1. The van der Waals surface area contributed by atoms with Crippen LogP contribution >= 0.6 is 0 Å². The molecule has 1 amide bonds. The number of benzene rings is 1. The second-order valence-corrected chi connectivity index (χ2v) is 7.02. The molecule has 0 saturated heterocycles. The van der Waals surface area contributed by atoms with Gasteiger partial charge in [0.2, 0.25) is 0 Å². The van der Waals surface area contributed by atoms with Gasteiger partial charge in [0, 0.05) is 44.4 Å². The number of fused-ring (bicyclic) bond motifs is 1. The van der Waals surface area contributed by atoms with Gasteiger partial charge in [-0.3, -0.25) is 9.48 Å². The molecule has 5 nitrogen and oxygen atoms in total. The van der Waals surface area contributed by atoms with Crippen molar-refractivity contribution in [2.75, 3.05) is 20.3 Å². The Morgan fingerprint density at radius 3 is 2.88 bits per heavy atom. The molecule has 0 bridgehead atoms. The van der Waals surface area contributed by atoms with E-state index in [-0.39, 0.29) is 17.4 Å². The topological polar surface area (TPSA) is 47.4 Å². The Morgan fingerprint density at radius 1 is 1.36 bits per heavy atom. The van der Waals surface area contributed by atoms with E-state index in [4.69, 9.17) is 9.84 Å². The Balaban J connectivity index is 1.60. The van der Waals surface area contributed by atoms with Gasteiger partial charge in [0.15, 0.2) is 0 Å². The summed E-state index contributed by atoms with van der Waals surface area (Å²) in [7, 11) is 1.65. The number of methoxy groups -OCH3 is 1. The number of nitrogens with zero attached hydrogens (tertiary/aromatic N) is 3. The van der Waals surface area contributed by atoms with E-state index in [0.717, 1.165) is 23.7 Å². The standard InChI is InChI=1S/C19H22FN3O2/c1-25-12-15-10-22(19(24)16-4-2-3-5-17(16)20)9-14-11-23(21-18(14)15)8-13-6-7-13/h2-5,11,13,15H,6-10,12H2,1H3/t15-/m1/s1. The van der Waals surface area contributed by atoms with Gasteiger partial charge in [-0.2, -0.15) is 5.10 Å². The van der Waals surface area contributed by atoms with Gasteiger partial charge in [-0.25, -0.2) is 4.39 Å². The molecule has 1 aliphatic heterocycles. The average molecular weight is 343 g/mol. The fourth-order valence-electron chi connectivity index (χ4n) is 3.52. The summed E-state index contributed by atoms with van der Waals surface area (Å²) in [5.74, 6) is -0.00545. The zero-order valence-electron chi connectivity index (χ0n) is 14.3. The molecule has 2 aliphatic rings. The molecule has 1 fully saturated rings. The molecule has 0 N–H and O–H groups in total. The summed E-state index contributed by atoms with van der Waals surface area (Å²) in [4.78, 5) is 14.5. The Kier molecular flexibility index (Phi) is 4.29. The van der Waals surface area contributed by atoms with Crippen LogP contribution in [0.5, 0.6) is 0 Å². The van der Waals surface area contributed by atoms with Crippen LogP contribution in [0.1, 0.15) is 40.4 Å². The van der Waals surface area contributed by atoms with Crippen molar-refractivity contribution in [2.24, 2.45) is 5.92 Å². The first-order valence-electron chi connectivity index (χ1n) is 8.74. The lowest BCUT2D eigenvalue weighted by atomic mass is 9.96. The predicted molar refractivity (Wildman–Crippen MR) is 90.7 cm³/mol. The Bertz CT molecular complexity index is 785. The molecule has 2 heterocycles. The van der Waals surface area contributed by atoms with Gasteiger partial charge in [-0.15, -0.1) is 0 Å². The Labute approximate surface area is 146 Å². The van der Waals surface area contributed by atoms with Crippen molar-refractivity contribution in [3.63, 3.8) is 0 Å². The van der Waals surface area contributed by atoms with Crippen molar-refractivity contribution in [1.29, 1.82) is 0 Å². The van der Waals surface area contributed by atoms with E-state index in [2.05, 4.69) is 0 Å². The lowest BCUT2D eigenvalue weighted by Gasteiger charge is -2.31. The molecular formula is C19H22FN3O2. The number of rotatable bonds is 5. The fourth-order valence-corrected chi connectivity index (χ4v) is 3.52. The van der Waals surface area contributed by atoms with E-state index in [0.29, 0.717) is 19.7 Å². The van der Waals surface area contributed by atoms with Gasteiger partial charge in [-0.05, 0) is 30.9 Å². The smallest absolute Gasteiger partial charge is 0.257 e. The maximum atomic E-state index is 14.0. The molecule has 0 spiro atoms. The molecule has 0 unspecified atom stereocenters. The van der Waals surface area contributed by atoms with Crippen LogP contribution in [0.3, 0.4) is 0 Å². The Morgan fingerprint density at radius 2 is 2.16 bits per heavy atom. The monoisotopic (exact) mass is 343 g/mol. The molecule has 1 aromatic carbocycles. The number of hydrogen-bond acceptors (Lipinski definition) is 3. The van der Waals surface area contributed by atoms with Crippen LogP contribution in [0, 0.1) is 11.7 Å². The van der Waals surface area contributed by atoms with Crippen LogP contribution in [-0.2, 0) is 17.8 Å². The summed E-state index contributed by atoms with van der Waals surface area (Å²) in [5.41, 5.74) is 2.17. The van der Waals surface area contributed by atoms with Crippen molar-refractivity contribution >= 4 is 5.91 Å². The molecule has 1 aromatic heterocycles. The van der Waals surface area contributed by atoms with Crippen LogP contribution < -0.4 is 0 Å². The van der Waals surface area contributed by atoms with Crippen LogP contribution in [0.15, 0.2) is 30.5 Å². The highest BCUT2D eigenvalue weighted by molar-refractivity contribution is 5.94. The summed E-state index contributed by atoms with van der Waals surface area (Å²) in [5, 5.41) is 4.74. The van der Waals surface area contributed by atoms with Crippen molar-refractivity contribution < 1.29 is 13.9 Å². The summed E-state index contributed by atoms with van der Waals surface area (Å²) in [6.07, 6.45) is 4.57. The number of halogens is 1. The lowest BCUT2D eigenvalue weighted by molar-refractivity contribution is 0.0674. The third-order valence-electron chi connectivity index (χ3n) is 4.96.